The highest BCUT2D eigenvalue weighted by Gasteiger charge is 2.37. The molecule has 0 radical (unpaired) electrons. The van der Waals surface area contributed by atoms with Crippen LogP contribution in [0.3, 0.4) is 0 Å². The van der Waals surface area contributed by atoms with Gasteiger partial charge in [-0.2, -0.15) is 0 Å². The molecule has 4 rings (SSSR count). The average Bonchev–Trinajstić information content (AvgIpc) is 3.00. The van der Waals surface area contributed by atoms with Crippen LogP contribution in [-0.2, 0) is 30.3 Å². The Kier molecular flexibility index (Phi) is 11.3. The lowest BCUT2D eigenvalue weighted by Crippen LogP contribution is -2.51. The number of benzene rings is 1. The normalized spacial score (nSPS) is 26.8. The number of carbonyl (C=O) groups is 4. The van der Waals surface area contributed by atoms with Crippen molar-refractivity contribution in [3.05, 3.63) is 83.7 Å². The third kappa shape index (κ3) is 9.00. The number of aliphatic hydroxyl groups is 1. The van der Waals surface area contributed by atoms with Gasteiger partial charge in [-0.15, -0.1) is 0 Å². The number of hydrogen-bond donors (Lipinski definition) is 4. The first-order valence-corrected chi connectivity index (χ1v) is 14.8. The molecule has 6 atom stereocenters. The summed E-state index contributed by atoms with van der Waals surface area (Å²) in [4.78, 5) is 56.9. The number of hydrogen-bond acceptors (Lipinski definition) is 9. The molecule has 44 heavy (non-hydrogen) atoms. The molecule has 1 aromatic heterocycles. The largest absolute Gasteiger partial charge is 0.505 e. The van der Waals surface area contributed by atoms with E-state index in [4.69, 9.17) is 9.47 Å². The van der Waals surface area contributed by atoms with Crippen LogP contribution in [0, 0.1) is 5.92 Å². The van der Waals surface area contributed by atoms with E-state index in [2.05, 4.69) is 15.6 Å². The summed E-state index contributed by atoms with van der Waals surface area (Å²) in [5.41, 5.74) is 1.42. The maximum absolute atomic E-state index is 13.4. The second kappa shape index (κ2) is 15.3. The van der Waals surface area contributed by atoms with Gasteiger partial charge in [-0.05, 0) is 50.8 Å². The van der Waals surface area contributed by atoms with Crippen LogP contribution < -0.4 is 10.6 Å². The molecule has 1 aliphatic carbocycles. The van der Waals surface area contributed by atoms with Gasteiger partial charge >= 0.3 is 11.9 Å². The van der Waals surface area contributed by atoms with Gasteiger partial charge in [0.15, 0.2) is 5.69 Å². The van der Waals surface area contributed by atoms with Gasteiger partial charge in [0.1, 0.15) is 11.9 Å². The minimum atomic E-state index is -1.35. The minimum absolute atomic E-state index is 0.0298. The molecule has 2 heterocycles. The summed E-state index contributed by atoms with van der Waals surface area (Å²) in [6.45, 7) is 3.09. The molecule has 2 unspecified atom stereocenters. The lowest BCUT2D eigenvalue weighted by molar-refractivity contribution is -0.175. The molecule has 1 aliphatic heterocycles. The molecule has 234 valence electrons. The molecule has 0 saturated carbocycles. The van der Waals surface area contributed by atoms with E-state index in [0.717, 1.165) is 24.0 Å². The second-order valence-electron chi connectivity index (χ2n) is 11.3. The van der Waals surface area contributed by atoms with Crippen LogP contribution in [0.5, 0.6) is 5.75 Å². The van der Waals surface area contributed by atoms with Gasteiger partial charge in [0.2, 0.25) is 12.0 Å². The van der Waals surface area contributed by atoms with Gasteiger partial charge < -0.3 is 30.3 Å². The summed E-state index contributed by atoms with van der Waals surface area (Å²) in [7, 11) is 0. The van der Waals surface area contributed by atoms with Crippen molar-refractivity contribution in [2.75, 3.05) is 0 Å². The van der Waals surface area contributed by atoms with Crippen molar-refractivity contribution in [1.82, 2.24) is 15.6 Å². The van der Waals surface area contributed by atoms with E-state index in [1.165, 1.54) is 25.3 Å². The SMILES string of the molecule is C[C@@H]1CC(NC(=O)c2ncccc2O)CC(=O)N[C@@H](CC2=CCCC=C2)[C@@H](O)[C@@H](C)C(=O)OC(Cc2ccccc2)C(=O)O1. The maximum atomic E-state index is 13.4. The highest BCUT2D eigenvalue weighted by molar-refractivity contribution is 5.95. The standard InChI is InChI=1S/C33H39N3O8/c1-20-16-24(35-31(40)29-26(37)14-9-15-34-29)19-28(38)36-25(17-22-10-5-3-6-11-22)30(39)21(2)32(41)44-27(33(42)43-20)18-23-12-7-4-8-13-23/h4-5,7-15,20-21,24-25,27,30,37,39H,3,6,16-19H2,1-2H3,(H,35,40)(H,36,38)/t20-,21-,24?,25+,27?,30+/m1/s1. The molecular weight excluding hydrogens is 566 g/mol. The van der Waals surface area contributed by atoms with Crippen molar-refractivity contribution in [1.29, 1.82) is 0 Å². The fourth-order valence-corrected chi connectivity index (χ4v) is 5.30. The first-order valence-electron chi connectivity index (χ1n) is 14.8. The second-order valence-corrected chi connectivity index (χ2v) is 11.3. The van der Waals surface area contributed by atoms with E-state index in [1.807, 2.05) is 24.3 Å². The van der Waals surface area contributed by atoms with Gasteiger partial charge in [-0.25, -0.2) is 9.78 Å². The van der Waals surface area contributed by atoms with Crippen molar-refractivity contribution < 1.29 is 38.9 Å². The van der Waals surface area contributed by atoms with E-state index in [9.17, 15) is 29.4 Å². The molecule has 11 nitrogen and oxygen atoms in total. The fourth-order valence-electron chi connectivity index (χ4n) is 5.30. The quantitative estimate of drug-likeness (QED) is 0.363. The molecule has 0 bridgehead atoms. The Morgan fingerprint density at radius 2 is 1.80 bits per heavy atom. The monoisotopic (exact) mass is 605 g/mol. The molecule has 1 fully saturated rings. The van der Waals surface area contributed by atoms with Crippen LogP contribution in [0.25, 0.3) is 0 Å². The Labute approximate surface area is 256 Å². The maximum Gasteiger partial charge on any atom is 0.348 e. The number of esters is 2. The molecular formula is C33H39N3O8. The van der Waals surface area contributed by atoms with Crippen LogP contribution in [0.2, 0.25) is 0 Å². The molecule has 1 saturated heterocycles. The van der Waals surface area contributed by atoms with Crippen molar-refractivity contribution in [3.8, 4) is 5.75 Å². The number of nitrogens with one attached hydrogen (secondary N) is 2. The Hall–Kier alpha value is -4.51. The minimum Gasteiger partial charge on any atom is -0.505 e. The number of aromatic hydroxyl groups is 1. The zero-order chi connectivity index (χ0) is 31.6. The topological polar surface area (TPSA) is 164 Å². The summed E-state index contributed by atoms with van der Waals surface area (Å²) in [5, 5.41) is 27.0. The van der Waals surface area contributed by atoms with Crippen LogP contribution in [0.4, 0.5) is 0 Å². The molecule has 2 aliphatic rings. The predicted octanol–water partition coefficient (Wildman–Crippen LogP) is 2.91. The van der Waals surface area contributed by atoms with Crippen molar-refractivity contribution in [2.45, 2.75) is 82.8 Å². The summed E-state index contributed by atoms with van der Waals surface area (Å²) in [6.07, 6.45) is 5.67. The summed E-state index contributed by atoms with van der Waals surface area (Å²) in [6, 6.07) is 10.1. The third-order valence-electron chi connectivity index (χ3n) is 7.66. The summed E-state index contributed by atoms with van der Waals surface area (Å²) >= 11 is 0. The average molecular weight is 606 g/mol. The number of ether oxygens (including phenoxy) is 2. The Bertz CT molecular complexity index is 1390. The number of rotatable bonds is 6. The van der Waals surface area contributed by atoms with Crippen LogP contribution in [-0.4, -0.2) is 69.3 Å². The number of amides is 2. The molecule has 1 aromatic carbocycles. The van der Waals surface area contributed by atoms with Gasteiger partial charge in [-0.3, -0.25) is 14.4 Å². The van der Waals surface area contributed by atoms with Crippen molar-refractivity contribution in [2.24, 2.45) is 5.92 Å². The first-order chi connectivity index (χ1) is 21.1. The van der Waals surface area contributed by atoms with Gasteiger partial charge in [-0.1, -0.05) is 54.1 Å². The molecule has 0 spiro atoms. The molecule has 2 aromatic rings. The lowest BCUT2D eigenvalue weighted by Gasteiger charge is -2.31. The Morgan fingerprint density at radius 1 is 1.02 bits per heavy atom. The van der Waals surface area contributed by atoms with E-state index >= 15 is 0 Å². The number of aliphatic hydroxyl groups excluding tert-OH is 1. The zero-order valence-corrected chi connectivity index (χ0v) is 24.8. The number of carbonyl (C=O) groups excluding carboxylic acids is 4. The van der Waals surface area contributed by atoms with E-state index in [0.29, 0.717) is 0 Å². The van der Waals surface area contributed by atoms with E-state index in [-0.39, 0.29) is 37.1 Å². The zero-order valence-electron chi connectivity index (χ0n) is 24.8. The Morgan fingerprint density at radius 3 is 2.50 bits per heavy atom. The van der Waals surface area contributed by atoms with Crippen LogP contribution >= 0.6 is 0 Å². The highest BCUT2D eigenvalue weighted by atomic mass is 16.6. The Balaban J connectivity index is 1.63. The fraction of sp³-hybridized carbons (Fsp3) is 0.424. The summed E-state index contributed by atoms with van der Waals surface area (Å²) in [5.74, 6) is -4.22. The smallest absolute Gasteiger partial charge is 0.348 e. The van der Waals surface area contributed by atoms with Gasteiger partial charge in [0.25, 0.3) is 5.91 Å². The summed E-state index contributed by atoms with van der Waals surface area (Å²) < 4.78 is 11.3. The van der Waals surface area contributed by atoms with E-state index in [1.54, 1.807) is 31.2 Å². The number of pyridine rings is 1. The van der Waals surface area contributed by atoms with Crippen molar-refractivity contribution in [3.63, 3.8) is 0 Å². The number of nitrogens with zero attached hydrogens (tertiary/aromatic N) is 1. The molecule has 4 N–H and O–H groups in total. The molecule has 2 amide bonds. The first kappa shape index (κ1) is 32.4. The lowest BCUT2D eigenvalue weighted by atomic mass is 9.90. The third-order valence-corrected chi connectivity index (χ3v) is 7.66. The number of aromatic nitrogens is 1. The highest BCUT2D eigenvalue weighted by Crippen LogP contribution is 2.23. The predicted molar refractivity (Wildman–Crippen MR) is 160 cm³/mol. The van der Waals surface area contributed by atoms with Gasteiger partial charge in [0.05, 0.1) is 18.1 Å². The van der Waals surface area contributed by atoms with Gasteiger partial charge in [0, 0.05) is 31.5 Å². The van der Waals surface area contributed by atoms with Crippen LogP contribution in [0.15, 0.2) is 72.5 Å². The van der Waals surface area contributed by atoms with E-state index < -0.39 is 60.1 Å². The van der Waals surface area contributed by atoms with Crippen molar-refractivity contribution >= 4 is 23.8 Å². The van der Waals surface area contributed by atoms with Crippen LogP contribution in [0.1, 0.15) is 62.0 Å². The number of cyclic esters (lactones) is 2. The number of allylic oxidation sites excluding steroid dienone is 3. The molecule has 11 heteroatoms.